The molecule has 1 aromatic rings. The molecule has 19 heavy (non-hydrogen) atoms. The second-order valence-electron chi connectivity index (χ2n) is 4.58. The van der Waals surface area contributed by atoms with Crippen molar-refractivity contribution >= 4 is 17.5 Å². The lowest BCUT2D eigenvalue weighted by Crippen LogP contribution is -2.27. The topological polar surface area (TPSA) is 67.4 Å². The molecule has 0 bridgehead atoms. The van der Waals surface area contributed by atoms with Gasteiger partial charge in [-0.05, 0) is 18.2 Å². The van der Waals surface area contributed by atoms with Gasteiger partial charge in [0.05, 0.1) is 7.11 Å². The molecule has 0 saturated carbocycles. The molecule has 0 aliphatic rings. The number of hydrogen-bond donors (Lipinski definition) is 2. The van der Waals surface area contributed by atoms with Crippen molar-refractivity contribution < 1.29 is 14.3 Å². The predicted octanol–water partition coefficient (Wildman–Crippen LogP) is 1.93. The lowest BCUT2D eigenvalue weighted by Gasteiger charge is -2.13. The average molecular weight is 264 g/mol. The Kier molecular flexibility index (Phi) is 5.36. The van der Waals surface area contributed by atoms with Crippen molar-refractivity contribution in [1.29, 1.82) is 0 Å². The van der Waals surface area contributed by atoms with Gasteiger partial charge in [-0.3, -0.25) is 9.59 Å². The van der Waals surface area contributed by atoms with Crippen LogP contribution in [-0.4, -0.2) is 18.9 Å². The SMILES string of the molecule is COc1ccc(NC(C)=O)cc1CNC(=O)C(C)C. The van der Waals surface area contributed by atoms with Crippen LogP contribution < -0.4 is 15.4 Å². The summed E-state index contributed by atoms with van der Waals surface area (Å²) in [6, 6.07) is 5.32. The van der Waals surface area contributed by atoms with Crippen molar-refractivity contribution in [2.24, 2.45) is 5.92 Å². The highest BCUT2D eigenvalue weighted by Gasteiger charge is 2.09. The summed E-state index contributed by atoms with van der Waals surface area (Å²) in [5.41, 5.74) is 1.50. The van der Waals surface area contributed by atoms with Crippen molar-refractivity contribution in [2.45, 2.75) is 27.3 Å². The van der Waals surface area contributed by atoms with E-state index in [1.54, 1.807) is 25.3 Å². The number of rotatable bonds is 5. The van der Waals surface area contributed by atoms with E-state index in [9.17, 15) is 9.59 Å². The predicted molar refractivity (Wildman–Crippen MR) is 74.0 cm³/mol. The second kappa shape index (κ2) is 6.78. The molecular formula is C14H20N2O3. The highest BCUT2D eigenvalue weighted by atomic mass is 16.5. The van der Waals surface area contributed by atoms with E-state index < -0.39 is 0 Å². The normalized spacial score (nSPS) is 10.2. The summed E-state index contributed by atoms with van der Waals surface area (Å²) in [7, 11) is 1.57. The Morgan fingerprint density at radius 3 is 2.53 bits per heavy atom. The van der Waals surface area contributed by atoms with E-state index in [4.69, 9.17) is 4.74 Å². The lowest BCUT2D eigenvalue weighted by molar-refractivity contribution is -0.124. The molecule has 0 aliphatic heterocycles. The molecule has 0 radical (unpaired) electrons. The summed E-state index contributed by atoms with van der Waals surface area (Å²) in [6.45, 7) is 5.48. The molecule has 5 heteroatoms. The summed E-state index contributed by atoms with van der Waals surface area (Å²) in [5, 5.41) is 5.52. The van der Waals surface area contributed by atoms with Crippen LogP contribution in [0.25, 0.3) is 0 Å². The third kappa shape index (κ3) is 4.62. The standard InChI is InChI=1S/C14H20N2O3/c1-9(2)14(18)15-8-11-7-12(16-10(3)17)5-6-13(11)19-4/h5-7,9H,8H2,1-4H3,(H,15,18)(H,16,17). The minimum absolute atomic E-state index is 0.0213. The van der Waals surface area contributed by atoms with Crippen LogP contribution in [0.5, 0.6) is 5.75 Å². The molecule has 0 saturated heterocycles. The highest BCUT2D eigenvalue weighted by molar-refractivity contribution is 5.88. The zero-order chi connectivity index (χ0) is 14.4. The Morgan fingerprint density at radius 1 is 1.32 bits per heavy atom. The third-order valence-corrected chi connectivity index (χ3v) is 2.58. The maximum atomic E-state index is 11.6. The quantitative estimate of drug-likeness (QED) is 0.854. The Bertz CT molecular complexity index is 470. The fraction of sp³-hybridized carbons (Fsp3) is 0.429. The van der Waals surface area contributed by atoms with Gasteiger partial charge in [-0.25, -0.2) is 0 Å². The maximum Gasteiger partial charge on any atom is 0.222 e. The molecular weight excluding hydrogens is 244 g/mol. The Balaban J connectivity index is 2.83. The molecule has 0 atom stereocenters. The first-order valence-corrected chi connectivity index (χ1v) is 6.16. The van der Waals surface area contributed by atoms with Gasteiger partial charge >= 0.3 is 0 Å². The average Bonchev–Trinajstić information content (AvgIpc) is 2.35. The number of hydrogen-bond acceptors (Lipinski definition) is 3. The van der Waals surface area contributed by atoms with Crippen molar-refractivity contribution in [3.05, 3.63) is 23.8 Å². The fourth-order valence-corrected chi connectivity index (χ4v) is 1.58. The molecule has 2 N–H and O–H groups in total. The molecule has 0 spiro atoms. The first-order chi connectivity index (χ1) is 8.93. The Morgan fingerprint density at radius 2 is 2.00 bits per heavy atom. The van der Waals surface area contributed by atoms with Gasteiger partial charge in [-0.1, -0.05) is 13.8 Å². The smallest absolute Gasteiger partial charge is 0.222 e. The Labute approximate surface area is 113 Å². The van der Waals surface area contributed by atoms with Gasteiger partial charge in [-0.2, -0.15) is 0 Å². The molecule has 5 nitrogen and oxygen atoms in total. The van der Waals surface area contributed by atoms with Gasteiger partial charge in [0.25, 0.3) is 0 Å². The van der Waals surface area contributed by atoms with Crippen LogP contribution in [0, 0.1) is 5.92 Å². The zero-order valence-corrected chi connectivity index (χ0v) is 11.7. The maximum absolute atomic E-state index is 11.6. The van der Waals surface area contributed by atoms with Gasteiger partial charge in [0.15, 0.2) is 0 Å². The van der Waals surface area contributed by atoms with Crippen LogP contribution in [0.3, 0.4) is 0 Å². The van der Waals surface area contributed by atoms with E-state index in [0.29, 0.717) is 18.0 Å². The molecule has 0 heterocycles. The number of anilines is 1. The summed E-state index contributed by atoms with van der Waals surface area (Å²) in [6.07, 6.45) is 0. The number of carbonyl (C=O) groups is 2. The van der Waals surface area contributed by atoms with Crippen molar-refractivity contribution in [3.63, 3.8) is 0 Å². The first-order valence-electron chi connectivity index (χ1n) is 6.16. The van der Waals surface area contributed by atoms with Gasteiger partial charge < -0.3 is 15.4 Å². The van der Waals surface area contributed by atoms with E-state index in [0.717, 1.165) is 5.56 Å². The van der Waals surface area contributed by atoms with Crippen LogP contribution in [0.2, 0.25) is 0 Å². The van der Waals surface area contributed by atoms with Gasteiger partial charge in [-0.15, -0.1) is 0 Å². The van der Waals surface area contributed by atoms with Crippen LogP contribution in [0.15, 0.2) is 18.2 Å². The number of carbonyl (C=O) groups excluding carboxylic acids is 2. The van der Waals surface area contributed by atoms with Crippen LogP contribution in [-0.2, 0) is 16.1 Å². The highest BCUT2D eigenvalue weighted by Crippen LogP contribution is 2.22. The Hall–Kier alpha value is -2.04. The number of ether oxygens (including phenoxy) is 1. The van der Waals surface area contributed by atoms with Crippen molar-refractivity contribution in [3.8, 4) is 5.75 Å². The van der Waals surface area contributed by atoms with E-state index in [1.165, 1.54) is 6.92 Å². The molecule has 2 amide bonds. The van der Waals surface area contributed by atoms with Gasteiger partial charge in [0.2, 0.25) is 11.8 Å². The minimum Gasteiger partial charge on any atom is -0.496 e. The van der Waals surface area contributed by atoms with Crippen molar-refractivity contribution in [2.75, 3.05) is 12.4 Å². The third-order valence-electron chi connectivity index (χ3n) is 2.58. The van der Waals surface area contributed by atoms with E-state index in [1.807, 2.05) is 13.8 Å². The summed E-state index contributed by atoms with van der Waals surface area (Å²) < 4.78 is 5.23. The van der Waals surface area contributed by atoms with Crippen molar-refractivity contribution in [1.82, 2.24) is 5.32 Å². The summed E-state index contributed by atoms with van der Waals surface area (Å²) >= 11 is 0. The number of benzene rings is 1. The molecule has 1 aromatic carbocycles. The molecule has 0 aromatic heterocycles. The second-order valence-corrected chi connectivity index (χ2v) is 4.58. The molecule has 0 aliphatic carbocycles. The number of methoxy groups -OCH3 is 1. The van der Waals surface area contributed by atoms with E-state index in [-0.39, 0.29) is 17.7 Å². The van der Waals surface area contributed by atoms with Crippen LogP contribution in [0.1, 0.15) is 26.3 Å². The minimum atomic E-state index is -0.137. The van der Waals surface area contributed by atoms with E-state index >= 15 is 0 Å². The van der Waals surface area contributed by atoms with Gasteiger partial charge in [0.1, 0.15) is 5.75 Å². The van der Waals surface area contributed by atoms with Crippen LogP contribution >= 0.6 is 0 Å². The molecule has 104 valence electrons. The number of nitrogens with one attached hydrogen (secondary N) is 2. The molecule has 1 rings (SSSR count). The summed E-state index contributed by atoms with van der Waals surface area (Å²) in [5.74, 6) is 0.456. The first kappa shape index (κ1) is 15.0. The molecule has 0 fully saturated rings. The monoisotopic (exact) mass is 264 g/mol. The fourth-order valence-electron chi connectivity index (χ4n) is 1.58. The lowest BCUT2D eigenvalue weighted by atomic mass is 10.1. The molecule has 0 unspecified atom stereocenters. The van der Waals surface area contributed by atoms with E-state index in [2.05, 4.69) is 10.6 Å². The number of amides is 2. The largest absolute Gasteiger partial charge is 0.496 e. The van der Waals surface area contributed by atoms with Gasteiger partial charge in [0, 0.05) is 30.6 Å². The zero-order valence-electron chi connectivity index (χ0n) is 11.7. The summed E-state index contributed by atoms with van der Waals surface area (Å²) in [4.78, 5) is 22.6. The van der Waals surface area contributed by atoms with Crippen LogP contribution in [0.4, 0.5) is 5.69 Å².